The summed E-state index contributed by atoms with van der Waals surface area (Å²) in [6, 6.07) is -0.508. The largest absolute Gasteiger partial charge is 0.344 e. The minimum Gasteiger partial charge on any atom is -0.344 e. The smallest absolute Gasteiger partial charge is 0.244 e. The van der Waals surface area contributed by atoms with Gasteiger partial charge in [0.2, 0.25) is 11.8 Å². The molecule has 19 heavy (non-hydrogen) atoms. The third kappa shape index (κ3) is 6.57. The van der Waals surface area contributed by atoms with Crippen LogP contribution in [0.3, 0.4) is 0 Å². The maximum Gasteiger partial charge on any atom is 0.244 e. The summed E-state index contributed by atoms with van der Waals surface area (Å²) < 4.78 is 0. The number of amides is 2. The molecule has 0 aliphatic carbocycles. The molecule has 0 fully saturated rings. The van der Waals surface area contributed by atoms with Crippen molar-refractivity contribution in [2.75, 3.05) is 20.1 Å². The van der Waals surface area contributed by atoms with Gasteiger partial charge in [-0.15, -0.1) is 0 Å². The molecular weight excluding hydrogens is 242 g/mol. The molecule has 112 valence electrons. The molecule has 5 nitrogen and oxygen atoms in total. The Morgan fingerprint density at radius 3 is 2.21 bits per heavy atom. The van der Waals surface area contributed by atoms with E-state index in [0.29, 0.717) is 19.5 Å². The molecule has 3 N–H and O–H groups in total. The Morgan fingerprint density at radius 1 is 1.32 bits per heavy atom. The second kappa shape index (κ2) is 7.48. The third-order valence-corrected chi connectivity index (χ3v) is 3.09. The highest BCUT2D eigenvalue weighted by Gasteiger charge is 2.26. The van der Waals surface area contributed by atoms with Gasteiger partial charge in [-0.3, -0.25) is 9.59 Å². The maximum atomic E-state index is 12.1. The second-order valence-corrected chi connectivity index (χ2v) is 6.28. The standard InChI is InChI=1S/C14H29N3O2/c1-7-17(6)13(19)10(2)16-12(18)11(9-15)8-14(3,4)5/h10-11H,7-9,15H2,1-6H3,(H,16,18). The summed E-state index contributed by atoms with van der Waals surface area (Å²) in [5.74, 6) is -0.465. The zero-order valence-corrected chi connectivity index (χ0v) is 13.1. The van der Waals surface area contributed by atoms with Gasteiger partial charge in [0.25, 0.3) is 0 Å². The van der Waals surface area contributed by atoms with Gasteiger partial charge in [0.15, 0.2) is 0 Å². The van der Waals surface area contributed by atoms with Gasteiger partial charge in [0.1, 0.15) is 6.04 Å². The Kier molecular flexibility index (Phi) is 7.05. The summed E-state index contributed by atoms with van der Waals surface area (Å²) in [7, 11) is 1.72. The normalized spacial score (nSPS) is 14.7. The van der Waals surface area contributed by atoms with E-state index in [4.69, 9.17) is 5.73 Å². The molecule has 0 radical (unpaired) electrons. The maximum absolute atomic E-state index is 12.1. The Bertz CT molecular complexity index is 310. The molecule has 2 atom stereocenters. The molecule has 2 amide bonds. The number of hydrogen-bond acceptors (Lipinski definition) is 3. The molecule has 5 heteroatoms. The molecular formula is C14H29N3O2. The Balaban J connectivity index is 4.53. The molecule has 0 saturated carbocycles. The fourth-order valence-corrected chi connectivity index (χ4v) is 1.90. The number of likely N-dealkylation sites (N-methyl/N-ethyl adjacent to an activating group) is 1. The average molecular weight is 271 g/mol. The SMILES string of the molecule is CCN(C)C(=O)C(C)NC(=O)C(CN)CC(C)(C)C. The molecule has 0 bridgehead atoms. The summed E-state index contributed by atoms with van der Waals surface area (Å²) >= 11 is 0. The van der Waals surface area contributed by atoms with Gasteiger partial charge in [0, 0.05) is 20.1 Å². The van der Waals surface area contributed by atoms with E-state index in [-0.39, 0.29) is 23.1 Å². The third-order valence-electron chi connectivity index (χ3n) is 3.09. The predicted octanol–water partition coefficient (Wildman–Crippen LogP) is 0.981. The molecule has 0 rings (SSSR count). The summed E-state index contributed by atoms with van der Waals surface area (Å²) in [6.07, 6.45) is 0.708. The van der Waals surface area contributed by atoms with Crippen LogP contribution in [0.25, 0.3) is 0 Å². The van der Waals surface area contributed by atoms with Gasteiger partial charge in [-0.2, -0.15) is 0 Å². The van der Waals surface area contributed by atoms with E-state index >= 15 is 0 Å². The van der Waals surface area contributed by atoms with Crippen molar-refractivity contribution >= 4 is 11.8 Å². The minimum absolute atomic E-state index is 0.0365. The van der Waals surface area contributed by atoms with Crippen LogP contribution >= 0.6 is 0 Å². The van der Waals surface area contributed by atoms with E-state index in [1.54, 1.807) is 18.9 Å². The van der Waals surface area contributed by atoms with Gasteiger partial charge in [-0.05, 0) is 25.7 Å². The first-order valence-electron chi connectivity index (χ1n) is 6.87. The minimum atomic E-state index is -0.508. The zero-order valence-electron chi connectivity index (χ0n) is 13.1. The number of carbonyl (C=O) groups excluding carboxylic acids is 2. The van der Waals surface area contributed by atoms with Gasteiger partial charge < -0.3 is 16.0 Å². The Morgan fingerprint density at radius 2 is 1.84 bits per heavy atom. The Hall–Kier alpha value is -1.10. The molecule has 0 aliphatic heterocycles. The van der Waals surface area contributed by atoms with Crippen molar-refractivity contribution < 1.29 is 9.59 Å². The van der Waals surface area contributed by atoms with Crippen molar-refractivity contribution in [2.45, 2.75) is 47.1 Å². The number of nitrogens with zero attached hydrogens (tertiary/aromatic N) is 1. The number of hydrogen-bond donors (Lipinski definition) is 2. The van der Waals surface area contributed by atoms with Crippen LogP contribution in [0.5, 0.6) is 0 Å². The van der Waals surface area contributed by atoms with E-state index in [9.17, 15) is 9.59 Å². The van der Waals surface area contributed by atoms with Crippen LogP contribution in [0.15, 0.2) is 0 Å². The van der Waals surface area contributed by atoms with Crippen molar-refractivity contribution in [3.8, 4) is 0 Å². The van der Waals surface area contributed by atoms with Crippen molar-refractivity contribution in [1.82, 2.24) is 10.2 Å². The van der Waals surface area contributed by atoms with E-state index in [0.717, 1.165) is 0 Å². The number of carbonyl (C=O) groups is 2. The molecule has 0 aromatic carbocycles. The van der Waals surface area contributed by atoms with Crippen LogP contribution in [0.1, 0.15) is 41.0 Å². The predicted molar refractivity (Wildman–Crippen MR) is 77.5 cm³/mol. The van der Waals surface area contributed by atoms with E-state index < -0.39 is 6.04 Å². The molecule has 0 aromatic heterocycles. The van der Waals surface area contributed by atoms with Crippen LogP contribution in [0.4, 0.5) is 0 Å². The highest BCUT2D eigenvalue weighted by molar-refractivity contribution is 5.88. The zero-order chi connectivity index (χ0) is 15.2. The van der Waals surface area contributed by atoms with Gasteiger partial charge in [0.05, 0.1) is 5.92 Å². The number of nitrogens with one attached hydrogen (secondary N) is 1. The van der Waals surface area contributed by atoms with E-state index in [1.165, 1.54) is 0 Å². The van der Waals surface area contributed by atoms with Crippen molar-refractivity contribution in [2.24, 2.45) is 17.1 Å². The first-order valence-corrected chi connectivity index (χ1v) is 6.87. The number of nitrogens with two attached hydrogens (primary N) is 1. The molecule has 2 unspecified atom stereocenters. The fraction of sp³-hybridized carbons (Fsp3) is 0.857. The van der Waals surface area contributed by atoms with Crippen LogP contribution in [0.2, 0.25) is 0 Å². The summed E-state index contributed by atoms with van der Waals surface area (Å²) in [5, 5.41) is 2.76. The molecule has 0 saturated heterocycles. The molecule has 0 spiro atoms. The van der Waals surface area contributed by atoms with E-state index in [1.807, 2.05) is 6.92 Å². The summed E-state index contributed by atoms with van der Waals surface area (Å²) in [6.45, 7) is 10.7. The van der Waals surface area contributed by atoms with Gasteiger partial charge in [-0.1, -0.05) is 20.8 Å². The average Bonchev–Trinajstić information content (AvgIpc) is 2.32. The van der Waals surface area contributed by atoms with Gasteiger partial charge >= 0.3 is 0 Å². The van der Waals surface area contributed by atoms with Crippen LogP contribution < -0.4 is 11.1 Å². The molecule has 0 heterocycles. The monoisotopic (exact) mass is 271 g/mol. The van der Waals surface area contributed by atoms with Gasteiger partial charge in [-0.25, -0.2) is 0 Å². The fourth-order valence-electron chi connectivity index (χ4n) is 1.90. The van der Waals surface area contributed by atoms with Crippen LogP contribution in [0, 0.1) is 11.3 Å². The highest BCUT2D eigenvalue weighted by Crippen LogP contribution is 2.24. The number of rotatable bonds is 6. The van der Waals surface area contributed by atoms with E-state index in [2.05, 4.69) is 26.1 Å². The topological polar surface area (TPSA) is 75.4 Å². The summed E-state index contributed by atoms with van der Waals surface area (Å²) in [4.78, 5) is 25.6. The first-order chi connectivity index (χ1) is 8.62. The Labute approximate surface area is 116 Å². The lowest BCUT2D eigenvalue weighted by atomic mass is 9.84. The van der Waals surface area contributed by atoms with Crippen molar-refractivity contribution in [1.29, 1.82) is 0 Å². The lowest BCUT2D eigenvalue weighted by Crippen LogP contribution is -2.48. The highest BCUT2D eigenvalue weighted by atomic mass is 16.2. The second-order valence-electron chi connectivity index (χ2n) is 6.28. The van der Waals surface area contributed by atoms with Crippen LogP contribution in [-0.4, -0.2) is 42.9 Å². The van der Waals surface area contributed by atoms with Crippen LogP contribution in [-0.2, 0) is 9.59 Å². The molecule has 0 aliphatic rings. The van der Waals surface area contributed by atoms with Crippen molar-refractivity contribution in [3.05, 3.63) is 0 Å². The lowest BCUT2D eigenvalue weighted by molar-refractivity contribution is -0.136. The van der Waals surface area contributed by atoms with Crippen molar-refractivity contribution in [3.63, 3.8) is 0 Å². The lowest BCUT2D eigenvalue weighted by Gasteiger charge is -2.26. The summed E-state index contributed by atoms with van der Waals surface area (Å²) in [5.41, 5.74) is 5.70. The first kappa shape index (κ1) is 17.9. The quantitative estimate of drug-likeness (QED) is 0.756. The molecule has 0 aromatic rings.